The summed E-state index contributed by atoms with van der Waals surface area (Å²) in [5, 5.41) is 23.6. The molecule has 9 heteroatoms. The van der Waals surface area contributed by atoms with Crippen LogP contribution in [0.2, 0.25) is 0 Å². The lowest BCUT2D eigenvalue weighted by atomic mass is 9.97. The zero-order valence-corrected chi connectivity index (χ0v) is 13.3. The SMILES string of the molecule is O=C(O)C1CCN(c2ncnc(Nc3ccccc3)c2[N+](=O)[O-])CC1. The molecule has 0 bridgehead atoms. The largest absolute Gasteiger partial charge is 0.481 e. The number of carboxylic acids is 1. The van der Waals surface area contributed by atoms with Gasteiger partial charge < -0.3 is 15.3 Å². The van der Waals surface area contributed by atoms with Gasteiger partial charge in [0.1, 0.15) is 6.33 Å². The molecule has 1 aromatic carbocycles. The normalized spacial score (nSPS) is 15.0. The number of benzene rings is 1. The highest BCUT2D eigenvalue weighted by molar-refractivity contribution is 5.75. The Balaban J connectivity index is 1.88. The van der Waals surface area contributed by atoms with Crippen molar-refractivity contribution in [1.29, 1.82) is 0 Å². The van der Waals surface area contributed by atoms with E-state index in [4.69, 9.17) is 5.11 Å². The van der Waals surface area contributed by atoms with E-state index in [-0.39, 0.29) is 17.3 Å². The quantitative estimate of drug-likeness (QED) is 0.627. The fourth-order valence-corrected chi connectivity index (χ4v) is 2.86. The average molecular weight is 343 g/mol. The first kappa shape index (κ1) is 16.6. The van der Waals surface area contributed by atoms with Crippen molar-refractivity contribution in [2.24, 2.45) is 5.92 Å². The lowest BCUT2D eigenvalue weighted by Crippen LogP contribution is -2.37. The van der Waals surface area contributed by atoms with Gasteiger partial charge in [-0.05, 0) is 25.0 Å². The maximum absolute atomic E-state index is 11.6. The standard InChI is InChI=1S/C16H17N5O4/c22-16(23)11-6-8-20(9-7-11)15-13(21(24)25)14(17-10-18-15)19-12-4-2-1-3-5-12/h1-5,10-11H,6-9H2,(H,22,23)(H,17,18,19). The highest BCUT2D eigenvalue weighted by Gasteiger charge is 2.31. The molecule has 0 spiro atoms. The predicted octanol–water partition coefficient (Wildman–Crippen LogP) is 2.43. The molecule has 1 aliphatic heterocycles. The fourth-order valence-electron chi connectivity index (χ4n) is 2.86. The maximum Gasteiger partial charge on any atom is 0.353 e. The number of para-hydroxylation sites is 1. The molecule has 2 heterocycles. The van der Waals surface area contributed by atoms with Crippen LogP contribution in [0.1, 0.15) is 12.8 Å². The Hall–Kier alpha value is -3.23. The molecule has 3 rings (SSSR count). The van der Waals surface area contributed by atoms with Crippen molar-refractivity contribution in [1.82, 2.24) is 9.97 Å². The molecule has 0 aliphatic carbocycles. The lowest BCUT2D eigenvalue weighted by molar-refractivity contribution is -0.383. The van der Waals surface area contributed by atoms with E-state index in [9.17, 15) is 14.9 Å². The summed E-state index contributed by atoms with van der Waals surface area (Å²) >= 11 is 0. The molecule has 130 valence electrons. The summed E-state index contributed by atoms with van der Waals surface area (Å²) in [5.74, 6) is -0.925. The van der Waals surface area contributed by atoms with Crippen LogP contribution in [0, 0.1) is 16.0 Å². The van der Waals surface area contributed by atoms with Gasteiger partial charge in [0.2, 0.25) is 11.6 Å². The number of nitrogens with zero attached hydrogens (tertiary/aromatic N) is 4. The maximum atomic E-state index is 11.6. The number of aromatic nitrogens is 2. The number of hydrogen-bond acceptors (Lipinski definition) is 7. The van der Waals surface area contributed by atoms with Crippen molar-refractivity contribution >= 4 is 29.0 Å². The first-order chi connectivity index (χ1) is 12.1. The third-order valence-electron chi connectivity index (χ3n) is 4.17. The van der Waals surface area contributed by atoms with Crippen molar-refractivity contribution in [3.8, 4) is 0 Å². The highest BCUT2D eigenvalue weighted by Crippen LogP contribution is 2.35. The van der Waals surface area contributed by atoms with Gasteiger partial charge in [0, 0.05) is 18.8 Å². The van der Waals surface area contributed by atoms with E-state index in [1.54, 1.807) is 17.0 Å². The molecule has 2 aromatic rings. The molecule has 1 aliphatic rings. The molecule has 0 saturated carbocycles. The van der Waals surface area contributed by atoms with E-state index in [1.165, 1.54) is 6.33 Å². The molecule has 25 heavy (non-hydrogen) atoms. The van der Waals surface area contributed by atoms with E-state index >= 15 is 0 Å². The van der Waals surface area contributed by atoms with E-state index in [1.807, 2.05) is 18.2 Å². The molecule has 0 atom stereocenters. The van der Waals surface area contributed by atoms with Crippen LogP contribution in [-0.2, 0) is 4.79 Å². The molecular weight excluding hydrogens is 326 g/mol. The summed E-state index contributed by atoms with van der Waals surface area (Å²) in [5.41, 5.74) is 0.472. The Morgan fingerprint density at radius 3 is 2.52 bits per heavy atom. The van der Waals surface area contributed by atoms with Crippen molar-refractivity contribution in [3.05, 3.63) is 46.8 Å². The second-order valence-electron chi connectivity index (χ2n) is 5.74. The molecule has 0 radical (unpaired) electrons. The van der Waals surface area contributed by atoms with Gasteiger partial charge in [0.25, 0.3) is 0 Å². The summed E-state index contributed by atoms with van der Waals surface area (Å²) in [6.45, 7) is 0.805. The van der Waals surface area contributed by atoms with Crippen LogP contribution >= 0.6 is 0 Å². The summed E-state index contributed by atoms with van der Waals surface area (Å²) in [6.07, 6.45) is 2.13. The Labute approximate surface area is 143 Å². The van der Waals surface area contributed by atoms with Gasteiger partial charge in [-0.15, -0.1) is 0 Å². The monoisotopic (exact) mass is 343 g/mol. The summed E-state index contributed by atoms with van der Waals surface area (Å²) in [6, 6.07) is 9.03. The van der Waals surface area contributed by atoms with Crippen LogP contribution in [0.25, 0.3) is 0 Å². The van der Waals surface area contributed by atoms with Crippen LogP contribution in [0.3, 0.4) is 0 Å². The fraction of sp³-hybridized carbons (Fsp3) is 0.312. The van der Waals surface area contributed by atoms with Crippen molar-refractivity contribution in [2.75, 3.05) is 23.3 Å². The Bertz CT molecular complexity index is 775. The molecule has 0 unspecified atom stereocenters. The first-order valence-electron chi connectivity index (χ1n) is 7.85. The number of aliphatic carboxylic acids is 1. The van der Waals surface area contributed by atoms with Gasteiger partial charge in [-0.2, -0.15) is 0 Å². The minimum atomic E-state index is -0.830. The van der Waals surface area contributed by atoms with Crippen molar-refractivity contribution < 1.29 is 14.8 Å². The third-order valence-corrected chi connectivity index (χ3v) is 4.17. The Morgan fingerprint density at radius 2 is 1.92 bits per heavy atom. The van der Waals surface area contributed by atoms with Crippen LogP contribution in [-0.4, -0.2) is 39.1 Å². The minimum absolute atomic E-state index is 0.113. The molecule has 2 N–H and O–H groups in total. The van der Waals surface area contributed by atoms with Gasteiger partial charge >= 0.3 is 11.7 Å². The van der Waals surface area contributed by atoms with Gasteiger partial charge in [-0.1, -0.05) is 18.2 Å². The Morgan fingerprint density at radius 1 is 1.24 bits per heavy atom. The van der Waals surface area contributed by atoms with E-state index in [0.29, 0.717) is 31.6 Å². The van der Waals surface area contributed by atoms with Gasteiger partial charge in [-0.3, -0.25) is 14.9 Å². The summed E-state index contributed by atoms with van der Waals surface area (Å²) < 4.78 is 0. The number of carboxylic acid groups (broad SMARTS) is 1. The average Bonchev–Trinajstić information content (AvgIpc) is 2.62. The lowest BCUT2D eigenvalue weighted by Gasteiger charge is -2.30. The van der Waals surface area contributed by atoms with E-state index in [0.717, 1.165) is 0 Å². The number of nitrogens with one attached hydrogen (secondary N) is 1. The topological polar surface area (TPSA) is 121 Å². The predicted molar refractivity (Wildman–Crippen MR) is 91.0 cm³/mol. The number of rotatable bonds is 5. The van der Waals surface area contributed by atoms with Crippen LogP contribution < -0.4 is 10.2 Å². The van der Waals surface area contributed by atoms with Crippen molar-refractivity contribution in [2.45, 2.75) is 12.8 Å². The minimum Gasteiger partial charge on any atom is -0.481 e. The number of piperidine rings is 1. The summed E-state index contributed by atoms with van der Waals surface area (Å²) in [4.78, 5) is 32.0. The van der Waals surface area contributed by atoms with Crippen LogP contribution in [0.5, 0.6) is 0 Å². The van der Waals surface area contributed by atoms with E-state index in [2.05, 4.69) is 15.3 Å². The number of carbonyl (C=O) groups is 1. The number of anilines is 3. The molecule has 0 amide bonds. The molecule has 1 fully saturated rings. The van der Waals surface area contributed by atoms with Gasteiger partial charge in [0.05, 0.1) is 10.8 Å². The van der Waals surface area contributed by atoms with Crippen LogP contribution in [0.15, 0.2) is 36.7 Å². The van der Waals surface area contributed by atoms with Crippen molar-refractivity contribution in [3.63, 3.8) is 0 Å². The second-order valence-corrected chi connectivity index (χ2v) is 5.74. The third kappa shape index (κ3) is 3.65. The van der Waals surface area contributed by atoms with E-state index < -0.39 is 16.8 Å². The molecule has 1 saturated heterocycles. The summed E-state index contributed by atoms with van der Waals surface area (Å²) in [7, 11) is 0. The highest BCUT2D eigenvalue weighted by atomic mass is 16.6. The second kappa shape index (κ2) is 7.12. The molecular formula is C16H17N5O4. The Kier molecular flexibility index (Phi) is 4.73. The molecule has 9 nitrogen and oxygen atoms in total. The zero-order chi connectivity index (χ0) is 17.8. The van der Waals surface area contributed by atoms with Gasteiger partial charge in [-0.25, -0.2) is 9.97 Å². The smallest absolute Gasteiger partial charge is 0.353 e. The number of nitro groups is 1. The molecule has 1 aromatic heterocycles. The zero-order valence-electron chi connectivity index (χ0n) is 13.3. The van der Waals surface area contributed by atoms with Crippen LogP contribution in [0.4, 0.5) is 23.0 Å². The van der Waals surface area contributed by atoms with Gasteiger partial charge in [0.15, 0.2) is 0 Å². The first-order valence-corrected chi connectivity index (χ1v) is 7.85. The number of hydrogen-bond donors (Lipinski definition) is 2.